The van der Waals surface area contributed by atoms with Crippen LogP contribution in [-0.2, 0) is 0 Å². The van der Waals surface area contributed by atoms with E-state index >= 15 is 0 Å². The van der Waals surface area contributed by atoms with Crippen LogP contribution in [0.25, 0.3) is 11.0 Å². The molecular weight excluding hydrogens is 385 g/mol. The second-order valence-corrected chi connectivity index (χ2v) is 9.37. The van der Waals surface area contributed by atoms with E-state index < -0.39 is 0 Å². The van der Waals surface area contributed by atoms with Crippen LogP contribution in [0.1, 0.15) is 30.5 Å². The Bertz CT molecular complexity index is 1050. The normalized spacial score (nSPS) is 22.9. The van der Waals surface area contributed by atoms with E-state index in [1.54, 1.807) is 11.3 Å². The largest absolute Gasteiger partial charge is 0.291 e. The molecule has 0 amide bonds. The summed E-state index contributed by atoms with van der Waals surface area (Å²) in [4.78, 5) is 18.8. The maximum atomic E-state index is 12.5. The molecule has 0 spiro atoms. The molecule has 3 aromatic heterocycles. The van der Waals surface area contributed by atoms with Crippen molar-refractivity contribution in [2.45, 2.75) is 19.8 Å². The number of nitrogens with zero attached hydrogens (tertiary/aromatic N) is 3. The number of rotatable bonds is 3. The minimum Gasteiger partial charge on any atom is -0.266 e. The fourth-order valence-electron chi connectivity index (χ4n) is 3.10. The van der Waals surface area contributed by atoms with Gasteiger partial charge in [0, 0.05) is 10.8 Å². The molecule has 3 heterocycles. The summed E-state index contributed by atoms with van der Waals surface area (Å²) in [5.74, 6) is 0.995. The third-order valence-electron chi connectivity index (χ3n) is 4.51. The maximum Gasteiger partial charge on any atom is 0.291 e. The third kappa shape index (κ3) is 2.62. The molecule has 0 N–H and O–H groups in total. The summed E-state index contributed by atoms with van der Waals surface area (Å²) in [5.41, 5.74) is -0.135. The summed E-state index contributed by atoms with van der Waals surface area (Å²) in [5, 5.41) is 6.43. The highest BCUT2D eigenvalue weighted by atomic mass is 35.5. The van der Waals surface area contributed by atoms with Crippen LogP contribution in [0.2, 0.25) is 0 Å². The summed E-state index contributed by atoms with van der Waals surface area (Å²) >= 11 is 14.5. The van der Waals surface area contributed by atoms with Crippen molar-refractivity contribution < 1.29 is 0 Å². The van der Waals surface area contributed by atoms with Gasteiger partial charge >= 0.3 is 0 Å². The van der Waals surface area contributed by atoms with E-state index in [4.69, 9.17) is 23.2 Å². The average molecular weight is 398 g/mol. The highest BCUT2D eigenvalue weighted by Gasteiger charge is 2.59. The summed E-state index contributed by atoms with van der Waals surface area (Å²) < 4.78 is 2.31. The van der Waals surface area contributed by atoms with Gasteiger partial charge in [-0.2, -0.15) is 4.52 Å². The first-order valence-corrected chi connectivity index (χ1v) is 9.80. The van der Waals surface area contributed by atoms with Gasteiger partial charge in [-0.05, 0) is 34.9 Å². The Kier molecular flexibility index (Phi) is 3.84. The molecule has 1 fully saturated rings. The topological polar surface area (TPSA) is 47.3 Å². The number of thiophene rings is 1. The molecule has 4 nitrogen and oxygen atoms in total. The minimum atomic E-state index is -0.122. The molecule has 1 saturated carbocycles. The van der Waals surface area contributed by atoms with Gasteiger partial charge in [-0.25, -0.2) is 4.98 Å². The molecule has 8 heteroatoms. The zero-order chi connectivity index (χ0) is 17.1. The Labute approximate surface area is 156 Å². The molecule has 0 radical (unpaired) electrons. The van der Waals surface area contributed by atoms with Crippen molar-refractivity contribution in [3.05, 3.63) is 53.7 Å². The Balaban J connectivity index is 1.74. The summed E-state index contributed by atoms with van der Waals surface area (Å²) in [7, 11) is 0. The second-order valence-electron chi connectivity index (χ2n) is 6.38. The van der Waals surface area contributed by atoms with E-state index in [2.05, 4.69) is 23.9 Å². The molecule has 4 rings (SSSR count). The molecule has 124 valence electrons. The molecule has 3 aromatic rings. The van der Waals surface area contributed by atoms with Gasteiger partial charge in [-0.15, -0.1) is 16.4 Å². The Hall–Kier alpha value is -1.21. The molecular formula is C16H13Cl2N3OS2. The predicted octanol–water partition coefficient (Wildman–Crippen LogP) is 3.82. The Morgan fingerprint density at radius 1 is 1.42 bits per heavy atom. The van der Waals surface area contributed by atoms with E-state index in [1.165, 1.54) is 15.9 Å². The van der Waals surface area contributed by atoms with E-state index in [0.717, 1.165) is 4.88 Å². The minimum absolute atomic E-state index is 0.0129. The molecule has 0 aliphatic heterocycles. The lowest BCUT2D eigenvalue weighted by Gasteiger charge is -1.97. The molecule has 1 aliphatic rings. The van der Waals surface area contributed by atoms with Crippen LogP contribution in [0.4, 0.5) is 0 Å². The summed E-state index contributed by atoms with van der Waals surface area (Å²) in [6, 6.07) is 3.94. The van der Waals surface area contributed by atoms with Gasteiger partial charge in [0.05, 0.1) is 4.53 Å². The van der Waals surface area contributed by atoms with E-state index in [-0.39, 0.29) is 27.3 Å². The van der Waals surface area contributed by atoms with Gasteiger partial charge < -0.3 is 0 Å². The van der Waals surface area contributed by atoms with Crippen molar-refractivity contribution >= 4 is 56.9 Å². The van der Waals surface area contributed by atoms with Crippen molar-refractivity contribution in [1.29, 1.82) is 0 Å². The van der Waals surface area contributed by atoms with Crippen LogP contribution in [0.5, 0.6) is 0 Å². The SMILES string of the molecule is CC1(C)[C@H](C=C(Cl)Cl)[C@@H]1c1nc2s/c(=C/c3cccs3)c(=O)n2n1. The third-order valence-corrected chi connectivity index (χ3v) is 6.54. The first kappa shape index (κ1) is 16.3. The van der Waals surface area contributed by atoms with E-state index in [1.807, 2.05) is 29.7 Å². The van der Waals surface area contributed by atoms with Crippen molar-refractivity contribution in [3.63, 3.8) is 0 Å². The molecule has 0 bridgehead atoms. The van der Waals surface area contributed by atoms with Crippen molar-refractivity contribution in [1.82, 2.24) is 14.6 Å². The number of hydrogen-bond acceptors (Lipinski definition) is 5. The smallest absolute Gasteiger partial charge is 0.266 e. The number of hydrogen-bond donors (Lipinski definition) is 0. The molecule has 0 saturated heterocycles. The number of allylic oxidation sites excluding steroid dienone is 1. The summed E-state index contributed by atoms with van der Waals surface area (Å²) in [6.45, 7) is 4.25. The van der Waals surface area contributed by atoms with Gasteiger partial charge in [0.25, 0.3) is 5.56 Å². The zero-order valence-electron chi connectivity index (χ0n) is 12.9. The lowest BCUT2D eigenvalue weighted by molar-refractivity contribution is 0.585. The van der Waals surface area contributed by atoms with Crippen molar-refractivity contribution in [2.24, 2.45) is 11.3 Å². The van der Waals surface area contributed by atoms with Gasteiger partial charge in [0.2, 0.25) is 4.96 Å². The highest BCUT2D eigenvalue weighted by molar-refractivity contribution is 7.15. The molecule has 0 aromatic carbocycles. The number of halogens is 2. The van der Waals surface area contributed by atoms with Crippen LogP contribution < -0.4 is 10.1 Å². The second kappa shape index (κ2) is 5.66. The fourth-order valence-corrected chi connectivity index (χ4v) is 5.01. The molecule has 2 atom stereocenters. The zero-order valence-corrected chi connectivity index (χ0v) is 16.0. The maximum absolute atomic E-state index is 12.5. The lowest BCUT2D eigenvalue weighted by Crippen LogP contribution is -2.23. The molecule has 24 heavy (non-hydrogen) atoms. The van der Waals surface area contributed by atoms with Gasteiger partial charge in [-0.1, -0.05) is 54.5 Å². The predicted molar refractivity (Wildman–Crippen MR) is 100 cm³/mol. The monoisotopic (exact) mass is 397 g/mol. The first-order valence-electron chi connectivity index (χ1n) is 7.35. The quantitative estimate of drug-likeness (QED) is 0.674. The lowest BCUT2D eigenvalue weighted by atomic mass is 10.1. The average Bonchev–Trinajstić information content (AvgIpc) is 2.99. The molecule has 0 unspecified atom stereocenters. The van der Waals surface area contributed by atoms with Crippen LogP contribution in [0.3, 0.4) is 0 Å². The molecule has 1 aliphatic carbocycles. The van der Waals surface area contributed by atoms with E-state index in [9.17, 15) is 4.79 Å². The van der Waals surface area contributed by atoms with Crippen molar-refractivity contribution in [2.75, 3.05) is 0 Å². The van der Waals surface area contributed by atoms with E-state index in [0.29, 0.717) is 15.3 Å². The highest BCUT2D eigenvalue weighted by Crippen LogP contribution is 2.64. The van der Waals surface area contributed by atoms with Crippen molar-refractivity contribution in [3.8, 4) is 0 Å². The standard InChI is InChI=1S/C16H13Cl2N3OS2/c1-16(2)9(7-11(17)18)12(16)13-19-15-21(20-13)14(22)10(24-15)6-8-4-3-5-23-8/h3-7,9,12H,1-2H3/b10-6+/t9-,12-/m1/s1. The van der Waals surface area contributed by atoms with Gasteiger partial charge in [0.15, 0.2) is 5.82 Å². The van der Waals surface area contributed by atoms with Gasteiger partial charge in [-0.3, -0.25) is 4.79 Å². The number of aromatic nitrogens is 3. The summed E-state index contributed by atoms with van der Waals surface area (Å²) in [6.07, 6.45) is 3.71. The Morgan fingerprint density at radius 3 is 2.83 bits per heavy atom. The van der Waals surface area contributed by atoms with Crippen LogP contribution >= 0.6 is 45.9 Å². The fraction of sp³-hybridized carbons (Fsp3) is 0.312. The van der Waals surface area contributed by atoms with Gasteiger partial charge in [0.1, 0.15) is 4.49 Å². The van der Waals surface area contributed by atoms with Crippen LogP contribution in [-0.4, -0.2) is 14.6 Å². The van der Waals surface area contributed by atoms with Crippen LogP contribution in [0.15, 0.2) is 32.9 Å². The van der Waals surface area contributed by atoms with Crippen LogP contribution in [0, 0.1) is 11.3 Å². The number of thiazole rings is 1. The number of fused-ring (bicyclic) bond motifs is 1. The Morgan fingerprint density at radius 2 is 2.21 bits per heavy atom. The first-order chi connectivity index (χ1) is 11.4.